The second-order valence-corrected chi connectivity index (χ2v) is 6.86. The summed E-state index contributed by atoms with van der Waals surface area (Å²) < 4.78 is 0. The molecular formula is C20H27ClIN5O. The Morgan fingerprint density at radius 1 is 1.18 bits per heavy atom. The van der Waals surface area contributed by atoms with Crippen LogP contribution in [0.25, 0.3) is 0 Å². The summed E-state index contributed by atoms with van der Waals surface area (Å²) in [4.78, 5) is 13.6. The number of nitrogens with zero attached hydrogens (tertiary/aromatic N) is 4. The van der Waals surface area contributed by atoms with Crippen LogP contribution in [0.2, 0.25) is 5.02 Å². The number of pyridine rings is 1. The smallest absolute Gasteiger partial charge is 0.194 e. The Balaban J connectivity index is 0.00000280. The average molecular weight is 516 g/mol. The fourth-order valence-corrected chi connectivity index (χ4v) is 3.20. The number of aromatic nitrogens is 1. The first kappa shape index (κ1) is 22.7. The first-order valence-electron chi connectivity index (χ1n) is 9.30. The highest BCUT2D eigenvalue weighted by Gasteiger charge is 2.20. The van der Waals surface area contributed by atoms with E-state index in [1.807, 2.05) is 36.5 Å². The standard InChI is InChI=1S/C20H26ClN5O.HI/c1-2-22-20(24-15-18(27)16-6-8-17(21)9-7-16)26-13-11-25(12-14-26)19-5-3-4-10-23-19;/h3-10,18,27H,2,11-15H2,1H3,(H,22,24);1H. The zero-order chi connectivity index (χ0) is 19.1. The summed E-state index contributed by atoms with van der Waals surface area (Å²) in [6, 6.07) is 13.2. The third-order valence-corrected chi connectivity index (χ3v) is 4.81. The summed E-state index contributed by atoms with van der Waals surface area (Å²) in [6.45, 7) is 6.65. The minimum absolute atomic E-state index is 0. The van der Waals surface area contributed by atoms with E-state index in [4.69, 9.17) is 11.6 Å². The molecule has 2 aromatic rings. The number of aliphatic hydroxyl groups is 1. The van der Waals surface area contributed by atoms with E-state index in [1.165, 1.54) is 0 Å². The summed E-state index contributed by atoms with van der Waals surface area (Å²) in [5.74, 6) is 1.85. The summed E-state index contributed by atoms with van der Waals surface area (Å²) in [5, 5.41) is 14.4. The lowest BCUT2D eigenvalue weighted by molar-refractivity contribution is 0.186. The molecule has 1 saturated heterocycles. The maximum atomic E-state index is 10.4. The van der Waals surface area contributed by atoms with Crippen LogP contribution in [-0.2, 0) is 0 Å². The summed E-state index contributed by atoms with van der Waals surface area (Å²) in [7, 11) is 0. The van der Waals surface area contributed by atoms with Gasteiger partial charge in [0.15, 0.2) is 5.96 Å². The van der Waals surface area contributed by atoms with E-state index >= 15 is 0 Å². The van der Waals surface area contributed by atoms with Crippen LogP contribution in [0, 0.1) is 0 Å². The van der Waals surface area contributed by atoms with Crippen LogP contribution in [0.5, 0.6) is 0 Å². The molecule has 1 aliphatic rings. The molecule has 8 heteroatoms. The Bertz CT molecular complexity index is 736. The molecule has 0 aliphatic carbocycles. The highest BCUT2D eigenvalue weighted by atomic mass is 127. The number of rotatable bonds is 5. The molecule has 1 aromatic carbocycles. The van der Waals surface area contributed by atoms with Gasteiger partial charge in [-0.2, -0.15) is 0 Å². The third-order valence-electron chi connectivity index (χ3n) is 4.56. The average Bonchev–Trinajstić information content (AvgIpc) is 2.72. The fraction of sp³-hybridized carbons (Fsp3) is 0.400. The fourth-order valence-electron chi connectivity index (χ4n) is 3.08. The van der Waals surface area contributed by atoms with Crippen LogP contribution in [0.3, 0.4) is 0 Å². The molecule has 0 saturated carbocycles. The number of hydrogen-bond acceptors (Lipinski definition) is 4. The van der Waals surface area contributed by atoms with Gasteiger partial charge >= 0.3 is 0 Å². The molecule has 1 aromatic heterocycles. The van der Waals surface area contributed by atoms with Crippen molar-refractivity contribution in [2.75, 3.05) is 44.2 Å². The number of nitrogens with one attached hydrogen (secondary N) is 1. The number of guanidine groups is 1. The first-order chi connectivity index (χ1) is 13.2. The van der Waals surface area contributed by atoms with Crippen molar-refractivity contribution in [2.24, 2.45) is 4.99 Å². The van der Waals surface area contributed by atoms with Crippen LogP contribution in [0.1, 0.15) is 18.6 Å². The van der Waals surface area contributed by atoms with Crippen molar-refractivity contribution in [1.82, 2.24) is 15.2 Å². The maximum Gasteiger partial charge on any atom is 0.194 e. The minimum atomic E-state index is -0.647. The van der Waals surface area contributed by atoms with Crippen LogP contribution in [0.15, 0.2) is 53.7 Å². The van der Waals surface area contributed by atoms with Crippen molar-refractivity contribution in [3.63, 3.8) is 0 Å². The summed E-state index contributed by atoms with van der Waals surface area (Å²) in [5.41, 5.74) is 0.818. The van der Waals surface area contributed by atoms with Crippen molar-refractivity contribution in [3.8, 4) is 0 Å². The Labute approximate surface area is 188 Å². The van der Waals surface area contributed by atoms with Gasteiger partial charge in [0.25, 0.3) is 0 Å². The lowest BCUT2D eigenvalue weighted by Crippen LogP contribution is -2.52. The number of aliphatic hydroxyl groups excluding tert-OH is 1. The molecule has 2 heterocycles. The van der Waals surface area contributed by atoms with Gasteiger partial charge in [0.05, 0.1) is 12.6 Å². The van der Waals surface area contributed by atoms with Gasteiger partial charge < -0.3 is 20.2 Å². The van der Waals surface area contributed by atoms with Crippen molar-refractivity contribution in [1.29, 1.82) is 0 Å². The zero-order valence-electron chi connectivity index (χ0n) is 16.0. The van der Waals surface area contributed by atoms with Crippen molar-refractivity contribution < 1.29 is 5.11 Å². The number of hydrogen-bond donors (Lipinski definition) is 2. The normalized spacial score (nSPS) is 15.8. The Morgan fingerprint density at radius 2 is 1.89 bits per heavy atom. The maximum absolute atomic E-state index is 10.4. The second-order valence-electron chi connectivity index (χ2n) is 6.42. The molecule has 0 amide bonds. The van der Waals surface area contributed by atoms with Crippen LogP contribution >= 0.6 is 35.6 Å². The third kappa shape index (κ3) is 6.22. The quantitative estimate of drug-likeness (QED) is 0.364. The van der Waals surface area contributed by atoms with Gasteiger partial charge in [-0.25, -0.2) is 4.98 Å². The molecule has 2 N–H and O–H groups in total. The highest BCUT2D eigenvalue weighted by Crippen LogP contribution is 2.17. The second kappa shape index (κ2) is 11.4. The van der Waals surface area contributed by atoms with Gasteiger partial charge in [0, 0.05) is 43.9 Å². The topological polar surface area (TPSA) is 64.0 Å². The van der Waals surface area contributed by atoms with Crippen LogP contribution in [0.4, 0.5) is 5.82 Å². The van der Waals surface area contributed by atoms with Gasteiger partial charge in [-0.15, -0.1) is 24.0 Å². The molecule has 1 atom stereocenters. The summed E-state index contributed by atoms with van der Waals surface area (Å²) in [6.07, 6.45) is 1.18. The number of aliphatic imine (C=N–C) groups is 1. The molecule has 28 heavy (non-hydrogen) atoms. The van der Waals surface area contributed by atoms with E-state index in [-0.39, 0.29) is 24.0 Å². The molecule has 6 nitrogen and oxygen atoms in total. The lowest BCUT2D eigenvalue weighted by Gasteiger charge is -2.37. The molecule has 0 bridgehead atoms. The lowest BCUT2D eigenvalue weighted by atomic mass is 10.1. The highest BCUT2D eigenvalue weighted by molar-refractivity contribution is 14.0. The molecule has 1 unspecified atom stereocenters. The van der Waals surface area contributed by atoms with E-state index in [2.05, 4.69) is 32.0 Å². The number of benzene rings is 1. The molecule has 0 spiro atoms. The van der Waals surface area contributed by atoms with E-state index < -0.39 is 6.10 Å². The predicted octanol–water partition coefficient (Wildman–Crippen LogP) is 3.17. The number of anilines is 1. The largest absolute Gasteiger partial charge is 0.386 e. The van der Waals surface area contributed by atoms with Gasteiger partial charge in [-0.05, 0) is 36.8 Å². The minimum Gasteiger partial charge on any atom is -0.386 e. The van der Waals surface area contributed by atoms with Gasteiger partial charge in [-0.3, -0.25) is 4.99 Å². The molecule has 1 aliphatic heterocycles. The predicted molar refractivity (Wildman–Crippen MR) is 126 cm³/mol. The van der Waals surface area contributed by atoms with E-state index in [0.29, 0.717) is 11.6 Å². The van der Waals surface area contributed by atoms with Gasteiger partial charge in [0.2, 0.25) is 0 Å². The number of piperazine rings is 1. The van der Waals surface area contributed by atoms with Crippen LogP contribution < -0.4 is 10.2 Å². The Morgan fingerprint density at radius 3 is 2.50 bits per heavy atom. The monoisotopic (exact) mass is 515 g/mol. The first-order valence-corrected chi connectivity index (χ1v) is 9.68. The van der Waals surface area contributed by atoms with Crippen molar-refractivity contribution >= 4 is 47.4 Å². The van der Waals surface area contributed by atoms with E-state index in [1.54, 1.807) is 12.1 Å². The van der Waals surface area contributed by atoms with Crippen molar-refractivity contribution in [2.45, 2.75) is 13.0 Å². The molecule has 0 radical (unpaired) electrons. The molecule has 3 rings (SSSR count). The Hall–Kier alpha value is -1.58. The molecule has 1 fully saturated rings. The van der Waals surface area contributed by atoms with E-state index in [0.717, 1.165) is 50.1 Å². The summed E-state index contributed by atoms with van der Waals surface area (Å²) >= 11 is 5.91. The molecular weight excluding hydrogens is 489 g/mol. The van der Waals surface area contributed by atoms with Gasteiger partial charge in [-0.1, -0.05) is 29.8 Å². The molecule has 152 valence electrons. The SMILES string of the molecule is CCNC(=NCC(O)c1ccc(Cl)cc1)N1CCN(c2ccccn2)CC1.I. The Kier molecular flexibility index (Phi) is 9.27. The van der Waals surface area contributed by atoms with Crippen LogP contribution in [-0.4, -0.2) is 60.2 Å². The van der Waals surface area contributed by atoms with E-state index in [9.17, 15) is 5.11 Å². The number of halogens is 2. The zero-order valence-corrected chi connectivity index (χ0v) is 19.0. The van der Waals surface area contributed by atoms with Gasteiger partial charge in [0.1, 0.15) is 5.82 Å². The van der Waals surface area contributed by atoms with Crippen molar-refractivity contribution in [3.05, 3.63) is 59.2 Å².